The predicted molar refractivity (Wildman–Crippen MR) is 140 cm³/mol. The van der Waals surface area contributed by atoms with Crippen LogP contribution in [0.25, 0.3) is 0 Å². The first kappa shape index (κ1) is 28.5. The Hall–Kier alpha value is -3.47. The summed E-state index contributed by atoms with van der Waals surface area (Å²) in [6.45, 7) is 9.17. The normalized spacial score (nSPS) is 34.0. The van der Waals surface area contributed by atoms with Gasteiger partial charge in [-0.3, -0.25) is 28.9 Å². The Morgan fingerprint density at radius 1 is 1.13 bits per heavy atom. The number of benzene rings is 1. The number of amides is 1. The van der Waals surface area contributed by atoms with Crippen LogP contribution in [0.3, 0.4) is 0 Å². The number of carbonyl (C=O) groups is 5. The molecule has 1 aromatic carbocycles. The average molecular weight is 539 g/mol. The molecule has 2 saturated carbocycles. The zero-order valence-corrected chi connectivity index (χ0v) is 22.2. The van der Waals surface area contributed by atoms with Crippen LogP contribution in [0.1, 0.15) is 53.1 Å². The van der Waals surface area contributed by atoms with Crippen molar-refractivity contribution in [3.63, 3.8) is 0 Å². The summed E-state index contributed by atoms with van der Waals surface area (Å²) in [6.07, 6.45) is 2.66. The summed E-state index contributed by atoms with van der Waals surface area (Å²) in [6, 6.07) is 1.96. The first-order chi connectivity index (χ1) is 18.3. The van der Waals surface area contributed by atoms with E-state index in [0.29, 0.717) is 24.0 Å². The number of nitrogens with zero attached hydrogens (tertiary/aromatic N) is 1. The zero-order chi connectivity index (χ0) is 29.1. The van der Waals surface area contributed by atoms with Crippen LogP contribution in [0.5, 0.6) is 5.75 Å². The Morgan fingerprint density at radius 2 is 1.72 bits per heavy atom. The van der Waals surface area contributed by atoms with E-state index in [1.54, 1.807) is 31.2 Å². The van der Waals surface area contributed by atoms with E-state index < -0.39 is 76.4 Å². The lowest BCUT2D eigenvalue weighted by atomic mass is 9.49. The third-order valence-electron chi connectivity index (χ3n) is 8.86. The molecule has 0 radical (unpaired) electrons. The molecule has 4 rings (SSSR count). The molecular formula is C29H34N2O8. The summed E-state index contributed by atoms with van der Waals surface area (Å²) in [5, 5.41) is 34.6. The van der Waals surface area contributed by atoms with E-state index in [-0.39, 0.29) is 17.2 Å². The molecule has 0 saturated heterocycles. The quantitative estimate of drug-likeness (QED) is 0.287. The minimum Gasteiger partial charge on any atom is -0.507 e. The summed E-state index contributed by atoms with van der Waals surface area (Å²) in [5.74, 6) is -13.5. The number of aliphatic hydroxyl groups is 2. The van der Waals surface area contributed by atoms with Gasteiger partial charge in [0, 0.05) is 5.92 Å². The monoisotopic (exact) mass is 538 g/mol. The van der Waals surface area contributed by atoms with Crippen molar-refractivity contribution in [2.45, 2.75) is 49.3 Å². The summed E-state index contributed by atoms with van der Waals surface area (Å²) in [5.41, 5.74) is 3.06. The maximum Gasteiger partial charge on any atom is 0.235 e. The van der Waals surface area contributed by atoms with Gasteiger partial charge in [-0.25, -0.2) is 0 Å². The largest absolute Gasteiger partial charge is 0.507 e. The van der Waals surface area contributed by atoms with E-state index in [9.17, 15) is 39.3 Å². The molecular weight excluding hydrogens is 504 g/mol. The number of carbonyl (C=O) groups excluding carboxylic acids is 5. The van der Waals surface area contributed by atoms with Crippen LogP contribution < -0.4 is 5.73 Å². The molecule has 39 heavy (non-hydrogen) atoms. The number of rotatable bonds is 7. The van der Waals surface area contributed by atoms with Crippen LogP contribution in [0.2, 0.25) is 0 Å². The van der Waals surface area contributed by atoms with Crippen molar-refractivity contribution in [2.75, 3.05) is 14.1 Å². The Morgan fingerprint density at radius 3 is 2.23 bits per heavy atom. The number of phenols is 1. The van der Waals surface area contributed by atoms with E-state index >= 15 is 0 Å². The molecule has 3 aliphatic rings. The van der Waals surface area contributed by atoms with Gasteiger partial charge in [0.2, 0.25) is 5.91 Å². The van der Waals surface area contributed by atoms with Gasteiger partial charge in [-0.2, -0.15) is 0 Å². The number of likely N-dealkylation sites (N-methyl/N-ethyl adjacent to an activating group) is 1. The molecule has 10 nitrogen and oxygen atoms in total. The van der Waals surface area contributed by atoms with Crippen LogP contribution in [0.4, 0.5) is 0 Å². The molecule has 0 aromatic heterocycles. The SMILES string of the molecule is C=CCC(CC=C)c1ccc2c(c1O)C(=O)C1C(=O)[C@]3(O)C(=O)C(C(N)=O)C(=O)[C@@H](N(C)C)[C@@H]3[C@@H](O)[C@@H]1[C@H]2C. The molecule has 0 spiro atoms. The summed E-state index contributed by atoms with van der Waals surface area (Å²) >= 11 is 0. The lowest BCUT2D eigenvalue weighted by molar-refractivity contribution is -0.196. The maximum absolute atomic E-state index is 14.0. The molecule has 0 heterocycles. The van der Waals surface area contributed by atoms with Gasteiger partial charge >= 0.3 is 0 Å². The molecule has 5 N–H and O–H groups in total. The van der Waals surface area contributed by atoms with Gasteiger partial charge in [-0.15, -0.1) is 13.2 Å². The van der Waals surface area contributed by atoms with Crippen molar-refractivity contribution in [3.8, 4) is 5.75 Å². The highest BCUT2D eigenvalue weighted by Gasteiger charge is 2.72. The molecule has 0 bridgehead atoms. The summed E-state index contributed by atoms with van der Waals surface area (Å²) in [7, 11) is 2.90. The molecule has 1 amide bonds. The number of allylic oxidation sites excluding steroid dienone is 2. The molecule has 0 aliphatic heterocycles. The number of aromatic hydroxyl groups is 1. The number of hydrogen-bond acceptors (Lipinski definition) is 9. The number of aliphatic hydroxyl groups excluding tert-OH is 1. The van der Waals surface area contributed by atoms with Gasteiger partial charge in [0.15, 0.2) is 34.7 Å². The number of phenolic OH excluding ortho intramolecular Hbond substituents is 1. The van der Waals surface area contributed by atoms with Crippen LogP contribution >= 0.6 is 0 Å². The molecule has 2 fully saturated rings. The van der Waals surface area contributed by atoms with Crippen molar-refractivity contribution in [2.24, 2.45) is 29.4 Å². The topological polar surface area (TPSA) is 175 Å². The molecule has 208 valence electrons. The van der Waals surface area contributed by atoms with E-state index in [1.165, 1.54) is 19.0 Å². The molecule has 8 atom stereocenters. The van der Waals surface area contributed by atoms with Crippen molar-refractivity contribution in [1.29, 1.82) is 0 Å². The van der Waals surface area contributed by atoms with Crippen LogP contribution in [0, 0.1) is 23.7 Å². The molecule has 10 heteroatoms. The van der Waals surface area contributed by atoms with Gasteiger partial charge in [-0.1, -0.05) is 31.2 Å². The number of ketones is 4. The van der Waals surface area contributed by atoms with Crippen molar-refractivity contribution >= 4 is 29.0 Å². The van der Waals surface area contributed by atoms with Crippen LogP contribution in [-0.2, 0) is 19.2 Å². The Balaban J connectivity index is 1.92. The summed E-state index contributed by atoms with van der Waals surface area (Å²) in [4.78, 5) is 68.1. The second kappa shape index (κ2) is 9.93. The summed E-state index contributed by atoms with van der Waals surface area (Å²) < 4.78 is 0. The highest BCUT2D eigenvalue weighted by molar-refractivity contribution is 6.32. The number of hydrogen-bond donors (Lipinski definition) is 4. The van der Waals surface area contributed by atoms with Crippen LogP contribution in [0.15, 0.2) is 37.4 Å². The minimum atomic E-state index is -3.02. The second-order valence-corrected chi connectivity index (χ2v) is 11.1. The lowest BCUT2D eigenvalue weighted by Gasteiger charge is -2.56. The van der Waals surface area contributed by atoms with Crippen molar-refractivity contribution < 1.29 is 39.3 Å². The van der Waals surface area contributed by atoms with Gasteiger partial charge in [0.05, 0.1) is 29.5 Å². The maximum atomic E-state index is 14.0. The number of fused-ring (bicyclic) bond motifs is 3. The van der Waals surface area contributed by atoms with Crippen molar-refractivity contribution in [3.05, 3.63) is 54.1 Å². The number of Topliss-reactive ketones (excluding diaryl/α,β-unsaturated/α-hetero) is 4. The first-order valence-electron chi connectivity index (χ1n) is 12.9. The zero-order valence-electron chi connectivity index (χ0n) is 22.2. The predicted octanol–water partition coefficient (Wildman–Crippen LogP) is 0.635. The third-order valence-corrected chi connectivity index (χ3v) is 8.86. The van der Waals surface area contributed by atoms with Crippen LogP contribution in [-0.4, -0.2) is 81.1 Å². The molecule has 1 aromatic rings. The minimum absolute atomic E-state index is 0.114. The first-order valence-corrected chi connectivity index (χ1v) is 12.9. The van der Waals surface area contributed by atoms with Gasteiger partial charge in [0.25, 0.3) is 0 Å². The lowest BCUT2D eigenvalue weighted by Crippen LogP contribution is -2.77. The fourth-order valence-corrected chi connectivity index (χ4v) is 7.09. The van der Waals surface area contributed by atoms with Gasteiger partial charge in [-0.05, 0) is 49.9 Å². The fourth-order valence-electron chi connectivity index (χ4n) is 7.09. The fraction of sp³-hybridized carbons (Fsp3) is 0.483. The number of primary amides is 1. The van der Waals surface area contributed by atoms with Crippen molar-refractivity contribution in [1.82, 2.24) is 4.90 Å². The Kier molecular flexibility index (Phi) is 7.26. The van der Waals surface area contributed by atoms with E-state index in [4.69, 9.17) is 5.73 Å². The van der Waals surface area contributed by atoms with Gasteiger partial charge in [0.1, 0.15) is 5.75 Å². The Labute approximate surface area is 226 Å². The molecule has 3 aliphatic carbocycles. The third kappa shape index (κ3) is 3.84. The second-order valence-electron chi connectivity index (χ2n) is 11.1. The van der Waals surface area contributed by atoms with E-state index in [2.05, 4.69) is 13.2 Å². The van der Waals surface area contributed by atoms with E-state index in [0.717, 1.165) is 0 Å². The molecule has 2 unspecified atom stereocenters. The standard InChI is InChI=1S/C29H34N2O8/c1-6-8-13(9-7-2)15-11-10-14-12(3)16-18(23(33)17(14)22(15)32)26(36)29(39)20(24(16)34)21(31(4)5)25(35)19(27(29)37)28(30)38/h6-7,10-13,16,18-21,24,32,34,39H,1-2,8-9H2,3-5H3,(H2,30,38)/t12-,16+,18?,19?,20+,21-,24-,29-/m0/s1. The highest BCUT2D eigenvalue weighted by atomic mass is 16.3. The average Bonchev–Trinajstić information content (AvgIpc) is 2.85. The number of nitrogens with two attached hydrogens (primary N) is 1. The smallest absolute Gasteiger partial charge is 0.235 e. The van der Waals surface area contributed by atoms with E-state index in [1.807, 2.05) is 0 Å². The Bertz CT molecular complexity index is 1290. The van der Waals surface area contributed by atoms with Gasteiger partial charge < -0.3 is 21.1 Å². The highest BCUT2D eigenvalue weighted by Crippen LogP contribution is 2.55.